The number of carbonyl (C=O) groups is 2. The highest BCUT2D eigenvalue weighted by Gasteiger charge is 2.32. The summed E-state index contributed by atoms with van der Waals surface area (Å²) in [6.45, 7) is 1.13. The molecule has 2 aliphatic heterocycles. The highest BCUT2D eigenvalue weighted by atomic mass is 16.5. The lowest BCUT2D eigenvalue weighted by molar-refractivity contribution is -0.111. The number of amides is 1. The zero-order valence-corrected chi connectivity index (χ0v) is 19.0. The topological polar surface area (TPSA) is 101 Å². The van der Waals surface area contributed by atoms with Crippen molar-refractivity contribution in [2.75, 3.05) is 19.0 Å². The van der Waals surface area contributed by atoms with E-state index < -0.39 is 0 Å². The maximum absolute atomic E-state index is 12.6. The number of nitrogens with one attached hydrogen (secondary N) is 2. The van der Waals surface area contributed by atoms with Crippen molar-refractivity contribution < 1.29 is 19.4 Å². The first kappa shape index (κ1) is 23.4. The average molecular weight is 458 g/mol. The van der Waals surface area contributed by atoms with E-state index in [1.54, 1.807) is 12.4 Å². The fraction of sp³-hybridized carbons (Fsp3) is 0.222. The standard InChI is InChI=1S/C26H23N3O3.CH4O/c30-15-20(13-18-4-3-10-27-14-18)28-11-9-17-7-8-21-19(12-17)16-32-25(21)24-22-5-1-2-6-23(22)29-26(24)31;1-2/h1-8,10,12,14-15,20,28H,9,11,13,16H2,(H,29,31);2H,1H3/b25-24+;. The Bertz CT molecular complexity index is 1210. The summed E-state index contributed by atoms with van der Waals surface area (Å²) in [4.78, 5) is 28.1. The Balaban J connectivity index is 0.00000133. The van der Waals surface area contributed by atoms with Gasteiger partial charge < -0.3 is 25.3 Å². The van der Waals surface area contributed by atoms with Crippen LogP contribution in [0, 0.1) is 0 Å². The molecule has 2 aliphatic rings. The molecule has 2 aromatic carbocycles. The minimum Gasteiger partial charge on any atom is -0.487 e. The number of carbonyl (C=O) groups excluding carboxylic acids is 2. The van der Waals surface area contributed by atoms with Gasteiger partial charge in [0.05, 0.1) is 11.6 Å². The van der Waals surface area contributed by atoms with E-state index >= 15 is 0 Å². The number of pyridine rings is 1. The summed E-state index contributed by atoms with van der Waals surface area (Å²) in [5, 5.41) is 13.2. The van der Waals surface area contributed by atoms with Crippen molar-refractivity contribution >= 4 is 29.2 Å². The number of fused-ring (bicyclic) bond motifs is 2. The second kappa shape index (κ2) is 10.9. The van der Waals surface area contributed by atoms with Crippen LogP contribution < -0.4 is 10.6 Å². The fourth-order valence-electron chi connectivity index (χ4n) is 4.26. The number of nitrogens with zero attached hydrogens (tertiary/aromatic N) is 1. The monoisotopic (exact) mass is 457 g/mol. The normalized spacial score (nSPS) is 16.5. The van der Waals surface area contributed by atoms with Gasteiger partial charge in [-0.2, -0.15) is 0 Å². The summed E-state index contributed by atoms with van der Waals surface area (Å²) >= 11 is 0. The van der Waals surface area contributed by atoms with Crippen molar-refractivity contribution in [3.8, 4) is 0 Å². The van der Waals surface area contributed by atoms with Gasteiger partial charge in [-0.3, -0.25) is 9.78 Å². The van der Waals surface area contributed by atoms with Crippen LogP contribution >= 0.6 is 0 Å². The molecule has 0 radical (unpaired) electrons. The highest BCUT2D eigenvalue weighted by molar-refractivity contribution is 6.36. The number of rotatable bonds is 7. The van der Waals surface area contributed by atoms with Crippen molar-refractivity contribution in [3.05, 3.63) is 94.8 Å². The van der Waals surface area contributed by atoms with Crippen LogP contribution in [-0.2, 0) is 33.8 Å². The molecule has 1 atom stereocenters. The Hall–Kier alpha value is -3.81. The van der Waals surface area contributed by atoms with Crippen molar-refractivity contribution in [2.45, 2.75) is 25.5 Å². The molecule has 0 spiro atoms. The summed E-state index contributed by atoms with van der Waals surface area (Å²) < 4.78 is 5.97. The van der Waals surface area contributed by atoms with Gasteiger partial charge in [0.15, 0.2) is 0 Å². The van der Waals surface area contributed by atoms with E-state index in [1.165, 1.54) is 0 Å². The second-order valence-electron chi connectivity index (χ2n) is 8.00. The molecule has 0 bridgehead atoms. The molecule has 174 valence electrons. The molecule has 3 N–H and O–H groups in total. The number of aromatic nitrogens is 1. The zero-order valence-electron chi connectivity index (χ0n) is 19.0. The van der Waals surface area contributed by atoms with Gasteiger partial charge in [0.2, 0.25) is 0 Å². The number of aldehydes is 1. The third kappa shape index (κ3) is 4.90. The maximum atomic E-state index is 12.6. The molecule has 1 unspecified atom stereocenters. The number of hydrogen-bond donors (Lipinski definition) is 3. The van der Waals surface area contributed by atoms with Gasteiger partial charge in [0, 0.05) is 41.9 Å². The first-order valence-electron chi connectivity index (χ1n) is 11.2. The molecule has 1 aromatic heterocycles. The van der Waals surface area contributed by atoms with Crippen molar-refractivity contribution in [3.63, 3.8) is 0 Å². The molecular formula is C27H27N3O4. The van der Waals surface area contributed by atoms with Crippen molar-refractivity contribution in [1.29, 1.82) is 0 Å². The first-order chi connectivity index (χ1) is 16.7. The predicted octanol–water partition coefficient (Wildman–Crippen LogP) is 2.98. The van der Waals surface area contributed by atoms with Gasteiger partial charge in [-0.05, 0) is 42.6 Å². The maximum Gasteiger partial charge on any atom is 0.260 e. The third-order valence-electron chi connectivity index (χ3n) is 5.85. The molecule has 3 aromatic rings. The zero-order chi connectivity index (χ0) is 23.9. The molecule has 0 aliphatic carbocycles. The molecule has 3 heterocycles. The number of para-hydroxylation sites is 1. The van der Waals surface area contributed by atoms with Gasteiger partial charge in [-0.1, -0.05) is 42.5 Å². The number of benzene rings is 2. The van der Waals surface area contributed by atoms with E-state index in [2.05, 4.69) is 27.8 Å². The lowest BCUT2D eigenvalue weighted by Crippen LogP contribution is -2.34. The SMILES string of the molecule is CO.O=CC(Cc1cccnc1)NCCc1ccc2c(c1)CO/C2=C1/C(=O)Nc2ccccc21. The molecule has 34 heavy (non-hydrogen) atoms. The fourth-order valence-corrected chi connectivity index (χ4v) is 4.26. The average Bonchev–Trinajstić information content (AvgIpc) is 3.44. The lowest BCUT2D eigenvalue weighted by atomic mass is 9.98. The smallest absolute Gasteiger partial charge is 0.260 e. The van der Waals surface area contributed by atoms with Gasteiger partial charge >= 0.3 is 0 Å². The van der Waals surface area contributed by atoms with Crippen molar-refractivity contribution in [1.82, 2.24) is 10.3 Å². The Kier molecular flexibility index (Phi) is 7.47. The molecule has 5 rings (SSSR count). The van der Waals surface area contributed by atoms with Crippen LogP contribution in [0.4, 0.5) is 5.69 Å². The summed E-state index contributed by atoms with van der Waals surface area (Å²) in [5.41, 5.74) is 6.52. The van der Waals surface area contributed by atoms with E-state index in [4.69, 9.17) is 9.84 Å². The molecule has 0 saturated heterocycles. The number of aliphatic hydroxyl groups excluding tert-OH is 1. The van der Waals surface area contributed by atoms with E-state index in [-0.39, 0.29) is 11.9 Å². The van der Waals surface area contributed by atoms with Crippen LogP contribution in [-0.4, -0.2) is 42.0 Å². The highest BCUT2D eigenvalue weighted by Crippen LogP contribution is 2.41. The quantitative estimate of drug-likeness (QED) is 0.373. The van der Waals surface area contributed by atoms with Gasteiger partial charge in [0.25, 0.3) is 5.91 Å². The van der Waals surface area contributed by atoms with Crippen LogP contribution in [0.25, 0.3) is 11.3 Å². The molecule has 1 amide bonds. The van der Waals surface area contributed by atoms with E-state index in [0.29, 0.717) is 30.9 Å². The van der Waals surface area contributed by atoms with Crippen molar-refractivity contribution in [2.24, 2.45) is 0 Å². The summed E-state index contributed by atoms with van der Waals surface area (Å²) in [6.07, 6.45) is 5.87. The Morgan fingerprint density at radius 2 is 1.97 bits per heavy atom. The van der Waals surface area contributed by atoms with Crippen LogP contribution in [0.3, 0.4) is 0 Å². The van der Waals surface area contributed by atoms with E-state index in [1.807, 2.05) is 42.5 Å². The van der Waals surface area contributed by atoms with Crippen LogP contribution in [0.1, 0.15) is 27.8 Å². The van der Waals surface area contributed by atoms with Gasteiger partial charge in [-0.15, -0.1) is 0 Å². The molecule has 0 saturated carbocycles. The van der Waals surface area contributed by atoms with Gasteiger partial charge in [-0.25, -0.2) is 0 Å². The Labute approximate surface area is 198 Å². The number of aliphatic hydroxyl groups is 1. The van der Waals surface area contributed by atoms with Crippen LogP contribution in [0.15, 0.2) is 67.0 Å². The Morgan fingerprint density at radius 1 is 1.12 bits per heavy atom. The third-order valence-corrected chi connectivity index (χ3v) is 5.85. The minimum absolute atomic E-state index is 0.129. The van der Waals surface area contributed by atoms with Crippen LogP contribution in [0.5, 0.6) is 0 Å². The van der Waals surface area contributed by atoms with E-state index in [9.17, 15) is 9.59 Å². The van der Waals surface area contributed by atoms with Crippen LogP contribution in [0.2, 0.25) is 0 Å². The van der Waals surface area contributed by atoms with Gasteiger partial charge in [0.1, 0.15) is 18.7 Å². The number of ether oxygens (including phenoxy) is 1. The number of anilines is 1. The Morgan fingerprint density at radius 3 is 2.76 bits per heavy atom. The summed E-state index contributed by atoms with van der Waals surface area (Å²) in [6, 6.07) is 17.5. The predicted molar refractivity (Wildman–Crippen MR) is 131 cm³/mol. The molecule has 7 nitrogen and oxygen atoms in total. The number of hydrogen-bond acceptors (Lipinski definition) is 6. The molecule has 0 fully saturated rings. The second-order valence-corrected chi connectivity index (χ2v) is 8.00. The lowest BCUT2D eigenvalue weighted by Gasteiger charge is -2.13. The first-order valence-corrected chi connectivity index (χ1v) is 11.2. The minimum atomic E-state index is -0.241. The summed E-state index contributed by atoms with van der Waals surface area (Å²) in [5.74, 6) is 0.514. The molecule has 7 heteroatoms. The summed E-state index contributed by atoms with van der Waals surface area (Å²) in [7, 11) is 1.00. The largest absolute Gasteiger partial charge is 0.487 e. The van der Waals surface area contributed by atoms with E-state index in [0.717, 1.165) is 53.3 Å². The molecular weight excluding hydrogens is 430 g/mol.